The van der Waals surface area contributed by atoms with Crippen LogP contribution >= 0.6 is 23.1 Å². The number of methoxy groups -OCH3 is 1. The van der Waals surface area contributed by atoms with Crippen LogP contribution < -0.4 is 4.74 Å². The molecular formula is C12H9FN2O3S2. The molecule has 0 unspecified atom stereocenters. The summed E-state index contributed by atoms with van der Waals surface area (Å²) in [6, 6.07) is 2.16. The van der Waals surface area contributed by atoms with Crippen LogP contribution in [0, 0.1) is 5.82 Å². The Bertz CT molecular complexity index is 729. The van der Waals surface area contributed by atoms with Crippen LogP contribution in [0.4, 0.5) is 4.39 Å². The molecular weight excluding hydrogens is 303 g/mol. The van der Waals surface area contributed by atoms with Gasteiger partial charge in [0.15, 0.2) is 17.6 Å². The minimum Gasteiger partial charge on any atom is -0.494 e. The van der Waals surface area contributed by atoms with Crippen molar-refractivity contribution in [1.29, 1.82) is 0 Å². The summed E-state index contributed by atoms with van der Waals surface area (Å²) in [7, 11) is 1.40. The maximum atomic E-state index is 13.6. The molecule has 20 heavy (non-hydrogen) atoms. The number of aromatic nitrogens is 1. The van der Waals surface area contributed by atoms with Gasteiger partial charge in [0.2, 0.25) is 0 Å². The Morgan fingerprint density at radius 2 is 2.35 bits per heavy atom. The monoisotopic (exact) mass is 312 g/mol. The van der Waals surface area contributed by atoms with Gasteiger partial charge in [0.1, 0.15) is 10.1 Å². The Balaban J connectivity index is 2.02. The van der Waals surface area contributed by atoms with Crippen molar-refractivity contribution >= 4 is 44.3 Å². The molecule has 0 spiro atoms. The van der Waals surface area contributed by atoms with E-state index in [1.54, 1.807) is 6.07 Å². The van der Waals surface area contributed by atoms with Crippen LogP contribution in [0.3, 0.4) is 0 Å². The van der Waals surface area contributed by atoms with E-state index in [9.17, 15) is 9.18 Å². The molecule has 0 amide bonds. The van der Waals surface area contributed by atoms with E-state index >= 15 is 0 Å². The van der Waals surface area contributed by atoms with Gasteiger partial charge in [-0.3, -0.25) is 4.99 Å². The summed E-state index contributed by atoms with van der Waals surface area (Å²) >= 11 is 2.70. The molecule has 1 atom stereocenters. The number of nitrogens with zero attached hydrogens (tertiary/aromatic N) is 2. The van der Waals surface area contributed by atoms with Gasteiger partial charge in [-0.05, 0) is 0 Å². The Morgan fingerprint density at radius 3 is 3.00 bits per heavy atom. The Hall–Kier alpha value is -1.67. The second kappa shape index (κ2) is 5.02. The van der Waals surface area contributed by atoms with Crippen LogP contribution in [-0.4, -0.2) is 40.0 Å². The number of thiazole rings is 1. The molecule has 1 aromatic heterocycles. The molecule has 0 saturated carbocycles. The average molecular weight is 312 g/mol. The van der Waals surface area contributed by atoms with Crippen molar-refractivity contribution in [2.75, 3.05) is 12.9 Å². The van der Waals surface area contributed by atoms with Gasteiger partial charge < -0.3 is 9.84 Å². The van der Waals surface area contributed by atoms with Gasteiger partial charge in [-0.25, -0.2) is 14.2 Å². The van der Waals surface area contributed by atoms with Gasteiger partial charge in [-0.1, -0.05) is 0 Å². The number of carboxylic acid groups (broad SMARTS) is 1. The van der Waals surface area contributed by atoms with E-state index in [0.29, 0.717) is 21.3 Å². The first-order valence-electron chi connectivity index (χ1n) is 5.66. The third-order valence-electron chi connectivity index (χ3n) is 2.78. The molecule has 104 valence electrons. The highest BCUT2D eigenvalue weighted by molar-refractivity contribution is 8.15. The van der Waals surface area contributed by atoms with Crippen molar-refractivity contribution in [1.82, 2.24) is 4.98 Å². The first-order valence-corrected chi connectivity index (χ1v) is 7.46. The number of carbonyl (C=O) groups is 1. The van der Waals surface area contributed by atoms with Crippen LogP contribution in [-0.2, 0) is 4.79 Å². The summed E-state index contributed by atoms with van der Waals surface area (Å²) in [5.74, 6) is -0.849. The largest absolute Gasteiger partial charge is 0.494 e. The quantitative estimate of drug-likeness (QED) is 0.942. The normalized spacial score (nSPS) is 18.3. The first kappa shape index (κ1) is 13.3. The molecule has 1 aliphatic heterocycles. The van der Waals surface area contributed by atoms with Crippen LogP contribution in [0.25, 0.3) is 10.2 Å². The average Bonchev–Trinajstić information content (AvgIpc) is 3.03. The molecule has 2 aromatic rings. The lowest BCUT2D eigenvalue weighted by Gasteiger charge is -1.99. The van der Waals surface area contributed by atoms with E-state index in [1.807, 2.05) is 0 Å². The molecule has 1 aromatic carbocycles. The van der Waals surface area contributed by atoms with Crippen molar-refractivity contribution in [3.05, 3.63) is 23.0 Å². The van der Waals surface area contributed by atoms with E-state index in [1.165, 1.54) is 36.3 Å². The molecule has 0 radical (unpaired) electrons. The number of thioether (sulfide) groups is 1. The Labute approximate surface area is 121 Å². The van der Waals surface area contributed by atoms with E-state index in [4.69, 9.17) is 9.84 Å². The van der Waals surface area contributed by atoms with Crippen LogP contribution in [0.15, 0.2) is 17.1 Å². The molecule has 0 fully saturated rings. The predicted octanol–water partition coefficient (Wildman–Crippen LogP) is 2.39. The van der Waals surface area contributed by atoms with E-state index in [2.05, 4.69) is 9.98 Å². The minimum absolute atomic E-state index is 0.164. The fraction of sp³-hybridized carbons (Fsp3) is 0.250. The van der Waals surface area contributed by atoms with Gasteiger partial charge >= 0.3 is 5.97 Å². The van der Waals surface area contributed by atoms with Crippen molar-refractivity contribution < 1.29 is 19.0 Å². The van der Waals surface area contributed by atoms with E-state index < -0.39 is 17.8 Å². The smallest absolute Gasteiger partial charge is 0.329 e. The number of ether oxygens (including phenoxy) is 1. The van der Waals surface area contributed by atoms with Gasteiger partial charge in [0.25, 0.3) is 0 Å². The van der Waals surface area contributed by atoms with E-state index in [0.717, 1.165) is 4.70 Å². The maximum absolute atomic E-state index is 13.6. The second-order valence-electron chi connectivity index (χ2n) is 4.07. The lowest BCUT2D eigenvalue weighted by Crippen LogP contribution is -2.17. The summed E-state index contributed by atoms with van der Waals surface area (Å²) in [4.78, 5) is 19.3. The fourth-order valence-electron chi connectivity index (χ4n) is 1.80. The Morgan fingerprint density at radius 1 is 1.55 bits per heavy atom. The fourth-order valence-corrected chi connectivity index (χ4v) is 3.87. The van der Waals surface area contributed by atoms with Crippen molar-refractivity contribution in [3.63, 3.8) is 0 Å². The summed E-state index contributed by atoms with van der Waals surface area (Å²) in [5.41, 5.74) is 0.519. The number of carboxylic acids is 1. The topological polar surface area (TPSA) is 71.8 Å². The number of halogens is 1. The number of fused-ring (bicyclic) bond motifs is 1. The Kier molecular flexibility index (Phi) is 3.35. The van der Waals surface area contributed by atoms with Gasteiger partial charge in [-0.2, -0.15) is 0 Å². The summed E-state index contributed by atoms with van der Waals surface area (Å²) in [6.45, 7) is 0. The number of aliphatic imine (C=N–C) groups is 1. The third-order valence-corrected chi connectivity index (χ3v) is 4.99. The third kappa shape index (κ3) is 2.25. The van der Waals surface area contributed by atoms with E-state index in [-0.39, 0.29) is 5.75 Å². The SMILES string of the molecule is COc1cc2sc(C3=N[C@@H](C(=O)O)CS3)nc2cc1F. The highest BCUT2D eigenvalue weighted by Crippen LogP contribution is 2.32. The molecule has 3 rings (SSSR count). The number of benzene rings is 1. The molecule has 0 saturated heterocycles. The minimum atomic E-state index is -0.943. The summed E-state index contributed by atoms with van der Waals surface area (Å²) in [6.07, 6.45) is 0. The number of hydrogen-bond acceptors (Lipinski definition) is 6. The molecule has 0 bridgehead atoms. The maximum Gasteiger partial charge on any atom is 0.329 e. The van der Waals surface area contributed by atoms with Gasteiger partial charge in [0.05, 0.1) is 17.3 Å². The molecule has 1 aliphatic rings. The summed E-state index contributed by atoms with van der Waals surface area (Å²) < 4.78 is 19.3. The van der Waals surface area contributed by atoms with Crippen molar-refractivity contribution in [2.45, 2.75) is 6.04 Å². The zero-order valence-electron chi connectivity index (χ0n) is 10.3. The lowest BCUT2D eigenvalue weighted by molar-refractivity contribution is -0.137. The first-order chi connectivity index (χ1) is 9.58. The lowest BCUT2D eigenvalue weighted by atomic mass is 10.3. The number of hydrogen-bond donors (Lipinski definition) is 1. The molecule has 0 aliphatic carbocycles. The van der Waals surface area contributed by atoms with Gasteiger partial charge in [-0.15, -0.1) is 23.1 Å². The van der Waals surface area contributed by atoms with Crippen molar-refractivity contribution in [3.8, 4) is 5.75 Å². The molecule has 1 N–H and O–H groups in total. The second-order valence-corrected chi connectivity index (χ2v) is 6.11. The van der Waals surface area contributed by atoms with Crippen LogP contribution in [0.1, 0.15) is 5.01 Å². The zero-order chi connectivity index (χ0) is 14.3. The van der Waals surface area contributed by atoms with Crippen molar-refractivity contribution in [2.24, 2.45) is 4.99 Å². The highest BCUT2D eigenvalue weighted by Gasteiger charge is 2.27. The van der Waals surface area contributed by atoms with Crippen LogP contribution in [0.5, 0.6) is 5.75 Å². The zero-order valence-corrected chi connectivity index (χ0v) is 11.9. The standard InChI is InChI=1S/C12H9FN2O3S2/c1-18-8-3-9-6(2-5(8)13)14-11(20-9)10-15-7(4-19-10)12(16)17/h2-3,7H,4H2,1H3,(H,16,17)/t7-/m1/s1. The van der Waals surface area contributed by atoms with Gasteiger partial charge in [0, 0.05) is 17.9 Å². The molecule has 2 heterocycles. The predicted molar refractivity (Wildman–Crippen MR) is 76.5 cm³/mol. The number of rotatable bonds is 3. The highest BCUT2D eigenvalue weighted by atomic mass is 32.2. The molecule has 8 heteroatoms. The van der Waals surface area contributed by atoms with Crippen LogP contribution in [0.2, 0.25) is 0 Å². The molecule has 5 nitrogen and oxygen atoms in total. The summed E-state index contributed by atoms with van der Waals surface area (Å²) in [5, 5.41) is 10.1. The number of aliphatic carboxylic acids is 1.